The summed E-state index contributed by atoms with van der Waals surface area (Å²) in [6.45, 7) is 7.78. The van der Waals surface area contributed by atoms with Gasteiger partial charge in [-0.25, -0.2) is 0 Å². The minimum Gasteiger partial charge on any atom is -0.389 e. The standard InChI is InChI=1S/C13H29NO3/c1-5-6-7-11(2)14-8-13(15)10-17-12(3)9-16-4/h11-15H,5-10H2,1-4H3. The molecule has 0 saturated heterocycles. The lowest BCUT2D eigenvalue weighted by atomic mass is 10.1. The fourth-order valence-electron chi connectivity index (χ4n) is 1.57. The van der Waals surface area contributed by atoms with Crippen LogP contribution >= 0.6 is 0 Å². The van der Waals surface area contributed by atoms with Gasteiger partial charge in [0.15, 0.2) is 0 Å². The van der Waals surface area contributed by atoms with Crippen molar-refractivity contribution in [3.8, 4) is 0 Å². The van der Waals surface area contributed by atoms with Crippen molar-refractivity contribution < 1.29 is 14.6 Å². The maximum Gasteiger partial charge on any atom is 0.0897 e. The third-order valence-corrected chi connectivity index (χ3v) is 2.67. The molecule has 0 aliphatic rings. The van der Waals surface area contributed by atoms with Gasteiger partial charge in [0, 0.05) is 19.7 Å². The van der Waals surface area contributed by atoms with Gasteiger partial charge in [-0.05, 0) is 20.3 Å². The third kappa shape index (κ3) is 10.7. The zero-order valence-electron chi connectivity index (χ0n) is 11.7. The van der Waals surface area contributed by atoms with Crippen LogP contribution in [0.25, 0.3) is 0 Å². The molecule has 0 aliphatic carbocycles. The summed E-state index contributed by atoms with van der Waals surface area (Å²) >= 11 is 0. The van der Waals surface area contributed by atoms with Gasteiger partial charge in [0.05, 0.1) is 25.4 Å². The highest BCUT2D eigenvalue weighted by molar-refractivity contribution is 4.65. The second-order valence-corrected chi connectivity index (χ2v) is 4.70. The van der Waals surface area contributed by atoms with Crippen molar-refractivity contribution in [1.82, 2.24) is 5.32 Å². The number of methoxy groups -OCH3 is 1. The highest BCUT2D eigenvalue weighted by Gasteiger charge is 2.09. The Hall–Kier alpha value is -0.160. The third-order valence-electron chi connectivity index (χ3n) is 2.67. The van der Waals surface area contributed by atoms with Crippen molar-refractivity contribution in [2.24, 2.45) is 0 Å². The molecule has 0 amide bonds. The van der Waals surface area contributed by atoms with E-state index in [9.17, 15) is 5.11 Å². The van der Waals surface area contributed by atoms with E-state index in [0.29, 0.717) is 25.8 Å². The van der Waals surface area contributed by atoms with E-state index >= 15 is 0 Å². The van der Waals surface area contributed by atoms with Gasteiger partial charge in [-0.1, -0.05) is 19.8 Å². The minimum atomic E-state index is -0.446. The summed E-state index contributed by atoms with van der Waals surface area (Å²) < 4.78 is 10.4. The number of unbranched alkanes of at least 4 members (excludes halogenated alkanes) is 1. The summed E-state index contributed by atoms with van der Waals surface area (Å²) in [7, 11) is 1.65. The number of hydrogen-bond acceptors (Lipinski definition) is 4. The van der Waals surface area contributed by atoms with Crippen molar-refractivity contribution >= 4 is 0 Å². The molecule has 3 unspecified atom stereocenters. The van der Waals surface area contributed by atoms with Gasteiger partial charge in [-0.3, -0.25) is 0 Å². The van der Waals surface area contributed by atoms with Gasteiger partial charge < -0.3 is 19.9 Å². The second-order valence-electron chi connectivity index (χ2n) is 4.70. The average molecular weight is 247 g/mol. The molecule has 3 atom stereocenters. The van der Waals surface area contributed by atoms with Crippen LogP contribution in [0.2, 0.25) is 0 Å². The smallest absolute Gasteiger partial charge is 0.0897 e. The number of rotatable bonds is 11. The molecule has 0 bridgehead atoms. The molecule has 4 nitrogen and oxygen atoms in total. The van der Waals surface area contributed by atoms with Crippen LogP contribution in [0.4, 0.5) is 0 Å². The van der Waals surface area contributed by atoms with Crippen LogP contribution < -0.4 is 5.32 Å². The van der Waals surface area contributed by atoms with Crippen molar-refractivity contribution in [2.75, 3.05) is 26.9 Å². The monoisotopic (exact) mass is 247 g/mol. The van der Waals surface area contributed by atoms with Gasteiger partial charge in [0.1, 0.15) is 0 Å². The highest BCUT2D eigenvalue weighted by atomic mass is 16.5. The molecule has 0 aliphatic heterocycles. The molecular weight excluding hydrogens is 218 g/mol. The molecule has 4 heteroatoms. The Morgan fingerprint density at radius 2 is 1.94 bits per heavy atom. The first-order chi connectivity index (χ1) is 8.10. The van der Waals surface area contributed by atoms with E-state index in [4.69, 9.17) is 9.47 Å². The lowest BCUT2D eigenvalue weighted by Crippen LogP contribution is -2.36. The van der Waals surface area contributed by atoms with Crippen LogP contribution in [0.1, 0.15) is 40.0 Å². The second kappa shape index (κ2) is 11.0. The molecule has 0 aromatic carbocycles. The Morgan fingerprint density at radius 3 is 2.53 bits per heavy atom. The van der Waals surface area contributed by atoms with Gasteiger partial charge in [0.25, 0.3) is 0 Å². The summed E-state index contributed by atoms with van der Waals surface area (Å²) in [5.74, 6) is 0. The Morgan fingerprint density at radius 1 is 1.24 bits per heavy atom. The van der Waals surface area contributed by atoms with Crippen molar-refractivity contribution in [1.29, 1.82) is 0 Å². The average Bonchev–Trinajstić information content (AvgIpc) is 2.31. The zero-order valence-corrected chi connectivity index (χ0v) is 11.7. The summed E-state index contributed by atoms with van der Waals surface area (Å²) in [6.07, 6.45) is 3.19. The molecule has 0 fully saturated rings. The van der Waals surface area contributed by atoms with Gasteiger partial charge in [0.2, 0.25) is 0 Å². The van der Waals surface area contributed by atoms with Crippen LogP contribution in [0.5, 0.6) is 0 Å². The summed E-state index contributed by atoms with van der Waals surface area (Å²) in [4.78, 5) is 0. The maximum atomic E-state index is 9.71. The molecule has 0 aromatic heterocycles. The van der Waals surface area contributed by atoms with Crippen LogP contribution in [0, 0.1) is 0 Å². The zero-order chi connectivity index (χ0) is 13.1. The van der Waals surface area contributed by atoms with E-state index in [-0.39, 0.29) is 6.10 Å². The van der Waals surface area contributed by atoms with Crippen LogP contribution in [-0.4, -0.2) is 50.2 Å². The predicted octanol–water partition coefficient (Wildman–Crippen LogP) is 1.57. The molecule has 2 N–H and O–H groups in total. The van der Waals surface area contributed by atoms with Crippen molar-refractivity contribution in [3.63, 3.8) is 0 Å². The fourth-order valence-corrected chi connectivity index (χ4v) is 1.57. The van der Waals surface area contributed by atoms with E-state index in [1.54, 1.807) is 7.11 Å². The molecular formula is C13H29NO3. The topological polar surface area (TPSA) is 50.7 Å². The number of hydrogen-bond donors (Lipinski definition) is 2. The Labute approximate surface area is 106 Å². The summed E-state index contributed by atoms with van der Waals surface area (Å²) in [5.41, 5.74) is 0. The highest BCUT2D eigenvalue weighted by Crippen LogP contribution is 2.00. The maximum absolute atomic E-state index is 9.71. The molecule has 104 valence electrons. The Balaban J connectivity index is 3.48. The SMILES string of the molecule is CCCCC(C)NCC(O)COC(C)COC. The predicted molar refractivity (Wildman–Crippen MR) is 70.3 cm³/mol. The van der Waals surface area contributed by atoms with Crippen LogP contribution in [0.15, 0.2) is 0 Å². The Bertz CT molecular complexity index is 167. The lowest BCUT2D eigenvalue weighted by molar-refractivity contribution is -0.0315. The van der Waals surface area contributed by atoms with E-state index in [0.717, 1.165) is 6.42 Å². The van der Waals surface area contributed by atoms with Crippen molar-refractivity contribution in [2.45, 2.75) is 58.3 Å². The first-order valence-electron chi connectivity index (χ1n) is 6.62. The Kier molecular flexibility index (Phi) is 10.9. The van der Waals surface area contributed by atoms with Gasteiger partial charge >= 0.3 is 0 Å². The first kappa shape index (κ1) is 16.8. The molecule has 0 saturated carbocycles. The number of nitrogens with one attached hydrogen (secondary N) is 1. The lowest BCUT2D eigenvalue weighted by Gasteiger charge is -2.19. The fraction of sp³-hybridized carbons (Fsp3) is 1.00. The largest absolute Gasteiger partial charge is 0.389 e. The minimum absolute atomic E-state index is 0.0344. The van der Waals surface area contributed by atoms with E-state index < -0.39 is 6.10 Å². The van der Waals surface area contributed by atoms with E-state index in [2.05, 4.69) is 19.2 Å². The quantitative estimate of drug-likeness (QED) is 0.582. The molecule has 0 rings (SSSR count). The first-order valence-corrected chi connectivity index (χ1v) is 6.62. The summed E-state index contributed by atoms with van der Waals surface area (Å²) in [5, 5.41) is 13.0. The number of aliphatic hydroxyl groups excluding tert-OH is 1. The molecule has 17 heavy (non-hydrogen) atoms. The number of aliphatic hydroxyl groups is 1. The summed E-state index contributed by atoms with van der Waals surface area (Å²) in [6, 6.07) is 0.459. The molecule has 0 heterocycles. The van der Waals surface area contributed by atoms with Crippen molar-refractivity contribution in [3.05, 3.63) is 0 Å². The molecule has 0 spiro atoms. The van der Waals surface area contributed by atoms with Crippen LogP contribution in [0.3, 0.4) is 0 Å². The number of ether oxygens (including phenoxy) is 2. The van der Waals surface area contributed by atoms with Gasteiger partial charge in [-0.15, -0.1) is 0 Å². The van der Waals surface area contributed by atoms with E-state index in [1.165, 1.54) is 12.8 Å². The van der Waals surface area contributed by atoms with Gasteiger partial charge in [-0.2, -0.15) is 0 Å². The van der Waals surface area contributed by atoms with Crippen LogP contribution in [-0.2, 0) is 9.47 Å². The molecule has 0 aromatic rings. The van der Waals surface area contributed by atoms with E-state index in [1.807, 2.05) is 6.92 Å². The normalized spacial score (nSPS) is 16.8. The molecule has 0 radical (unpaired) electrons.